The molecule has 0 saturated carbocycles. The van der Waals surface area contributed by atoms with Crippen molar-refractivity contribution in [2.45, 2.75) is 143 Å². The highest BCUT2D eigenvalue weighted by molar-refractivity contribution is 7.86. The molecule has 15 nitrogen and oxygen atoms in total. The minimum Gasteiger partial charge on any atom is -0.748 e. The van der Waals surface area contributed by atoms with Crippen LogP contribution in [0.4, 0.5) is 5.69 Å². The van der Waals surface area contributed by atoms with E-state index in [0.717, 1.165) is 107 Å². The average Bonchev–Trinajstić information content (AvgIpc) is 3.83. The van der Waals surface area contributed by atoms with Gasteiger partial charge in [0, 0.05) is 74.7 Å². The number of aliphatic hydroxyl groups is 1. The molecule has 7 aliphatic rings. The Kier molecular flexibility index (Phi) is 11.3. The minimum atomic E-state index is -4.65. The molecule has 10 rings (SSSR count). The zero-order valence-electron chi connectivity index (χ0n) is 39.7. The lowest BCUT2D eigenvalue weighted by Gasteiger charge is -2.47. The van der Waals surface area contributed by atoms with E-state index in [-0.39, 0.29) is 30.8 Å². The molecule has 16 heteroatoms. The molecular formula is C51H63N6O9S+. The number of aromatic nitrogens is 2. The molecule has 67 heavy (non-hydrogen) atoms. The topological polar surface area (TPSA) is 169 Å². The molecule has 1 unspecified atom stereocenters. The van der Waals surface area contributed by atoms with Crippen molar-refractivity contribution in [1.29, 1.82) is 0 Å². The maximum atomic E-state index is 14.6. The predicted molar refractivity (Wildman–Crippen MR) is 250 cm³/mol. The molecule has 3 aromatic rings. The van der Waals surface area contributed by atoms with Gasteiger partial charge in [-0.05, 0) is 88.1 Å². The van der Waals surface area contributed by atoms with Crippen LogP contribution in [-0.2, 0) is 55.3 Å². The Hall–Kier alpha value is -5.32. The van der Waals surface area contributed by atoms with Crippen LogP contribution in [0, 0.1) is 5.92 Å². The Labute approximate surface area is 392 Å². The number of carbonyl (C=O) groups excluding carboxylic acids is 3. The van der Waals surface area contributed by atoms with Crippen LogP contribution in [0.5, 0.6) is 11.5 Å². The van der Waals surface area contributed by atoms with Gasteiger partial charge in [-0.3, -0.25) is 9.59 Å². The summed E-state index contributed by atoms with van der Waals surface area (Å²) in [5, 5.41) is 13.1. The summed E-state index contributed by atoms with van der Waals surface area (Å²) in [6.07, 6.45) is 14.3. The van der Waals surface area contributed by atoms with Crippen LogP contribution in [0.2, 0.25) is 0 Å². The maximum Gasteiger partial charge on any atom is 0.335 e. The predicted octanol–water partition coefficient (Wildman–Crippen LogP) is 4.06. The summed E-state index contributed by atoms with van der Waals surface area (Å²) < 4.78 is 52.2. The molecule has 1 N–H and O–H groups in total. The van der Waals surface area contributed by atoms with E-state index < -0.39 is 45.4 Å². The summed E-state index contributed by atoms with van der Waals surface area (Å²) >= 11 is 0. The second kappa shape index (κ2) is 16.7. The second-order valence-corrected chi connectivity index (χ2v) is 22.0. The van der Waals surface area contributed by atoms with E-state index in [1.807, 2.05) is 23.0 Å². The SMILES string of the molecule is CCCCn1cc[n+](CC(=O)N2CCC(C(=O)ON3C(=O)CCC3O)CC2)c1C1=c2cc3c4c(c2Oc2c1cc1c5c2CCCN5C(C)(C)C=C1CS(=O)(=O)[O-])CCC[N+]=4C(C)(C)C=C3CC. The Balaban J connectivity index is 1.15. The van der Waals surface area contributed by atoms with Gasteiger partial charge in [0.1, 0.15) is 30.4 Å². The van der Waals surface area contributed by atoms with Gasteiger partial charge in [-0.1, -0.05) is 26.3 Å². The Morgan fingerprint density at radius 2 is 1.70 bits per heavy atom. The highest BCUT2D eigenvalue weighted by atomic mass is 32.2. The molecule has 0 spiro atoms. The maximum absolute atomic E-state index is 14.6. The number of amides is 2. The normalized spacial score (nSPS) is 21.5. The van der Waals surface area contributed by atoms with Crippen LogP contribution in [0.3, 0.4) is 0 Å². The molecule has 0 bridgehead atoms. The van der Waals surface area contributed by atoms with Gasteiger partial charge in [-0.2, -0.15) is 0 Å². The van der Waals surface area contributed by atoms with Gasteiger partial charge in [0.05, 0.1) is 56.3 Å². The number of ether oxygens (including phenoxy) is 1. The van der Waals surface area contributed by atoms with E-state index in [9.17, 15) is 32.5 Å². The van der Waals surface area contributed by atoms with Crippen molar-refractivity contribution >= 4 is 50.3 Å². The summed E-state index contributed by atoms with van der Waals surface area (Å²) in [5.41, 5.74) is 7.66. The van der Waals surface area contributed by atoms with Crippen LogP contribution < -0.4 is 29.4 Å². The zero-order valence-corrected chi connectivity index (χ0v) is 40.5. The van der Waals surface area contributed by atoms with Crippen LogP contribution in [0.15, 0.2) is 36.7 Å². The largest absolute Gasteiger partial charge is 0.748 e. The van der Waals surface area contributed by atoms with Gasteiger partial charge in [-0.15, -0.1) is 5.06 Å². The number of likely N-dealkylation sites (tertiary alicyclic amines) is 1. The Morgan fingerprint density at radius 1 is 0.940 bits per heavy atom. The lowest BCUT2D eigenvalue weighted by Crippen LogP contribution is -2.53. The van der Waals surface area contributed by atoms with Gasteiger partial charge in [0.2, 0.25) is 5.36 Å². The molecular weight excluding hydrogens is 873 g/mol. The lowest BCUT2D eigenvalue weighted by molar-refractivity contribution is -0.686. The number of rotatable bonds is 11. The van der Waals surface area contributed by atoms with Crippen molar-refractivity contribution < 1.29 is 46.6 Å². The summed E-state index contributed by atoms with van der Waals surface area (Å²) in [4.78, 5) is 49.3. The highest BCUT2D eigenvalue weighted by Crippen LogP contribution is 2.52. The first-order valence-electron chi connectivity index (χ1n) is 24.4. The molecule has 8 heterocycles. The smallest absolute Gasteiger partial charge is 0.335 e. The van der Waals surface area contributed by atoms with Crippen LogP contribution in [0.25, 0.3) is 16.7 Å². The molecule has 356 valence electrons. The molecule has 7 aliphatic heterocycles. The third-order valence-corrected chi connectivity index (χ3v) is 15.9. The van der Waals surface area contributed by atoms with Gasteiger partial charge < -0.3 is 29.0 Å². The number of imidazole rings is 1. The third-order valence-electron chi connectivity index (χ3n) is 15.2. The Bertz CT molecular complexity index is 2940. The van der Waals surface area contributed by atoms with Crippen LogP contribution in [-0.4, -0.2) is 99.6 Å². The van der Waals surface area contributed by atoms with Gasteiger partial charge >= 0.3 is 5.97 Å². The second-order valence-electron chi connectivity index (χ2n) is 20.5. The molecule has 1 atom stereocenters. The highest BCUT2D eigenvalue weighted by Gasteiger charge is 2.45. The number of hydrogen-bond donors (Lipinski definition) is 1. The van der Waals surface area contributed by atoms with Gasteiger partial charge in [0.15, 0.2) is 18.3 Å². The molecule has 1 aromatic heterocycles. The first kappa shape index (κ1) is 45.5. The number of nitrogens with zero attached hydrogens (tertiary/aromatic N) is 6. The molecule has 2 saturated heterocycles. The van der Waals surface area contributed by atoms with E-state index in [1.54, 1.807) is 4.90 Å². The van der Waals surface area contributed by atoms with Crippen molar-refractivity contribution in [3.05, 3.63) is 80.9 Å². The monoisotopic (exact) mass is 935 g/mol. The standard InChI is InChI=1S/C51H63N6O9S/c1-7-9-18-53-23-24-54(29-42(60)52-21-16-32(17-22-52)49(61)66-57-40(58)14-15-41(57)59)48(53)43-38-25-36-31(8-2)27-50(3,4)55-19-10-12-34(44(36)55)46(38)65-47-35-13-11-20-56-45(35)37(26-39(43)47)33(28-51(56,5)6)30-67(62,63)64/h23-28,32,40,58H,7-22,29-30H2,1-6H3/q+1. The number of allylic oxidation sites excluding steroid dienone is 1. The first-order valence-corrected chi connectivity index (χ1v) is 25.9. The Morgan fingerprint density at radius 3 is 2.40 bits per heavy atom. The van der Waals surface area contributed by atoms with Crippen molar-refractivity contribution in [3.8, 4) is 11.5 Å². The average molecular weight is 936 g/mol. The first-order chi connectivity index (χ1) is 31.9. The minimum absolute atomic E-state index is 0.0201. The van der Waals surface area contributed by atoms with E-state index in [0.29, 0.717) is 44.5 Å². The van der Waals surface area contributed by atoms with Crippen LogP contribution >= 0.6 is 0 Å². The van der Waals surface area contributed by atoms with Crippen molar-refractivity contribution in [2.75, 3.05) is 36.8 Å². The zero-order chi connectivity index (χ0) is 47.3. The summed E-state index contributed by atoms with van der Waals surface area (Å²) in [6.45, 7) is 16.1. The van der Waals surface area contributed by atoms with Crippen molar-refractivity contribution in [1.82, 2.24) is 19.1 Å². The number of aryl methyl sites for hydroxylation is 1. The fraction of sp³-hybridized carbons (Fsp3) is 0.549. The fourth-order valence-electron chi connectivity index (χ4n) is 12.0. The number of piperidine rings is 1. The van der Waals surface area contributed by atoms with Gasteiger partial charge in [0.25, 0.3) is 17.6 Å². The summed E-state index contributed by atoms with van der Waals surface area (Å²) in [7, 11) is -4.65. The van der Waals surface area contributed by atoms with Crippen LogP contribution in [0.1, 0.15) is 133 Å². The van der Waals surface area contributed by atoms with Crippen molar-refractivity contribution in [2.24, 2.45) is 5.92 Å². The molecule has 0 aliphatic carbocycles. The van der Waals surface area contributed by atoms with Gasteiger partial charge in [-0.25, -0.2) is 26.9 Å². The summed E-state index contributed by atoms with van der Waals surface area (Å²) in [5.74, 6) is 0.119. The number of carbonyl (C=O) groups is 3. The number of aliphatic hydroxyl groups excluding tert-OH is 1. The number of benzene rings is 2. The van der Waals surface area contributed by atoms with E-state index in [1.165, 1.54) is 22.1 Å². The number of unbranched alkanes of at least 4 members (excludes halogenated alkanes) is 1. The molecule has 2 aromatic carbocycles. The van der Waals surface area contributed by atoms with E-state index in [2.05, 4.69) is 73.8 Å². The number of fused-ring (bicyclic) bond motifs is 4. The van der Waals surface area contributed by atoms with E-state index in [4.69, 9.17) is 9.57 Å². The molecule has 2 amide bonds. The number of hydroxylamine groups is 2. The summed E-state index contributed by atoms with van der Waals surface area (Å²) in [6, 6.07) is 4.34. The van der Waals surface area contributed by atoms with E-state index >= 15 is 0 Å². The molecule has 2 fully saturated rings. The lowest BCUT2D eigenvalue weighted by atomic mass is 9.79. The molecule has 0 radical (unpaired) electrons. The fourth-order valence-corrected chi connectivity index (χ4v) is 12.6. The number of anilines is 1. The quantitative estimate of drug-likeness (QED) is 0.171. The third kappa shape index (κ3) is 7.80. The van der Waals surface area contributed by atoms with Crippen molar-refractivity contribution in [3.63, 3.8) is 0 Å². The number of hydrogen-bond acceptors (Lipinski definition) is 10.